The number of amides is 1. The fourth-order valence-electron chi connectivity index (χ4n) is 1.90. The molecule has 1 aromatic heterocycles. The number of ether oxygens (including phenoxy) is 1. The van der Waals surface area contributed by atoms with Crippen LogP contribution in [0.4, 0.5) is 8.78 Å². The summed E-state index contributed by atoms with van der Waals surface area (Å²) in [5, 5.41) is 0. The number of nitrogens with two attached hydrogens (primary N) is 1. The number of aromatic nitrogens is 1. The predicted molar refractivity (Wildman–Crippen MR) is 68.5 cm³/mol. The third-order valence-corrected chi connectivity index (χ3v) is 2.81. The lowest BCUT2D eigenvalue weighted by Gasteiger charge is -2.10. The van der Waals surface area contributed by atoms with Crippen LogP contribution in [0.25, 0.3) is 0 Å². The van der Waals surface area contributed by atoms with Crippen LogP contribution < -0.4 is 10.5 Å². The van der Waals surface area contributed by atoms with Crippen LogP contribution in [0.5, 0.6) is 5.75 Å². The number of halogens is 2. The molecule has 0 fully saturated rings. The zero-order chi connectivity index (χ0) is 14.7. The summed E-state index contributed by atoms with van der Waals surface area (Å²) in [4.78, 5) is 15.5. The van der Waals surface area contributed by atoms with Crippen LogP contribution in [0.2, 0.25) is 0 Å². The Labute approximate surface area is 114 Å². The minimum atomic E-state index is -0.953. The molecule has 2 rings (SSSR count). The number of pyridine rings is 1. The van der Waals surface area contributed by atoms with Crippen LogP contribution in [0.1, 0.15) is 21.6 Å². The molecule has 0 saturated heterocycles. The average Bonchev–Trinajstić information content (AvgIpc) is 2.42. The molecular weight excluding hydrogens is 266 g/mol. The fourth-order valence-corrected chi connectivity index (χ4v) is 1.90. The number of carbonyl (C=O) groups is 1. The summed E-state index contributed by atoms with van der Waals surface area (Å²) < 4.78 is 31.1. The molecule has 0 aliphatic heterocycles. The zero-order valence-corrected chi connectivity index (χ0v) is 10.7. The number of benzene rings is 1. The molecule has 4 nitrogen and oxygen atoms in total. The molecule has 1 aromatic carbocycles. The Hall–Kier alpha value is -2.50. The van der Waals surface area contributed by atoms with E-state index in [0.29, 0.717) is 17.0 Å². The number of nitrogens with zero attached hydrogens (tertiary/aromatic N) is 1. The maximum Gasteiger partial charge on any atom is 0.254 e. The van der Waals surface area contributed by atoms with Gasteiger partial charge in [0.05, 0.1) is 12.8 Å². The van der Waals surface area contributed by atoms with Crippen molar-refractivity contribution in [3.8, 4) is 5.75 Å². The molecule has 0 aliphatic rings. The number of hydrogen-bond acceptors (Lipinski definition) is 3. The second-order valence-corrected chi connectivity index (χ2v) is 4.12. The topological polar surface area (TPSA) is 65.2 Å². The van der Waals surface area contributed by atoms with Crippen molar-refractivity contribution in [1.29, 1.82) is 0 Å². The van der Waals surface area contributed by atoms with Gasteiger partial charge in [-0.1, -0.05) is 6.07 Å². The number of methoxy groups -OCH3 is 1. The van der Waals surface area contributed by atoms with Crippen molar-refractivity contribution in [2.24, 2.45) is 5.73 Å². The zero-order valence-electron chi connectivity index (χ0n) is 10.7. The molecule has 1 heterocycles. The van der Waals surface area contributed by atoms with Gasteiger partial charge in [-0.25, -0.2) is 8.78 Å². The normalized spacial score (nSPS) is 10.3. The first-order valence-electron chi connectivity index (χ1n) is 5.78. The second kappa shape index (κ2) is 5.64. The van der Waals surface area contributed by atoms with Crippen molar-refractivity contribution in [2.45, 2.75) is 6.42 Å². The molecule has 20 heavy (non-hydrogen) atoms. The molecule has 2 aromatic rings. The summed E-state index contributed by atoms with van der Waals surface area (Å²) in [6.07, 6.45) is 1.60. The Bertz CT molecular complexity index is 660. The van der Waals surface area contributed by atoms with E-state index in [2.05, 4.69) is 4.98 Å². The van der Waals surface area contributed by atoms with E-state index in [4.69, 9.17) is 10.5 Å². The Kier molecular flexibility index (Phi) is 3.93. The van der Waals surface area contributed by atoms with Gasteiger partial charge in [-0.15, -0.1) is 0 Å². The fraction of sp³-hybridized carbons (Fsp3) is 0.143. The van der Waals surface area contributed by atoms with E-state index >= 15 is 0 Å². The molecule has 0 spiro atoms. The first-order chi connectivity index (χ1) is 9.52. The van der Waals surface area contributed by atoms with Gasteiger partial charge >= 0.3 is 0 Å². The Balaban J connectivity index is 2.42. The van der Waals surface area contributed by atoms with Gasteiger partial charge in [0.15, 0.2) is 11.6 Å². The van der Waals surface area contributed by atoms with E-state index in [9.17, 15) is 13.6 Å². The number of primary amides is 1. The van der Waals surface area contributed by atoms with Crippen LogP contribution in [0.3, 0.4) is 0 Å². The lowest BCUT2D eigenvalue weighted by atomic mass is 10.0. The van der Waals surface area contributed by atoms with Crippen molar-refractivity contribution < 1.29 is 18.3 Å². The molecular formula is C14H12F2N2O2. The summed E-state index contributed by atoms with van der Waals surface area (Å²) >= 11 is 0. The molecule has 0 bridgehead atoms. The summed E-state index contributed by atoms with van der Waals surface area (Å²) in [7, 11) is 1.41. The van der Waals surface area contributed by atoms with Gasteiger partial charge in [-0.2, -0.15) is 0 Å². The van der Waals surface area contributed by atoms with E-state index in [1.165, 1.54) is 25.4 Å². The lowest BCUT2D eigenvalue weighted by molar-refractivity contribution is 0.0996. The van der Waals surface area contributed by atoms with Crippen molar-refractivity contribution in [2.75, 3.05) is 7.11 Å². The van der Waals surface area contributed by atoms with Crippen LogP contribution in [-0.4, -0.2) is 18.0 Å². The van der Waals surface area contributed by atoms with Gasteiger partial charge in [-0.05, 0) is 23.8 Å². The molecule has 1 amide bonds. The van der Waals surface area contributed by atoms with E-state index in [1.807, 2.05) is 0 Å². The van der Waals surface area contributed by atoms with Crippen molar-refractivity contribution in [3.63, 3.8) is 0 Å². The second-order valence-electron chi connectivity index (χ2n) is 4.12. The monoisotopic (exact) mass is 278 g/mol. The average molecular weight is 278 g/mol. The highest BCUT2D eigenvalue weighted by Crippen LogP contribution is 2.22. The third kappa shape index (κ3) is 2.74. The smallest absolute Gasteiger partial charge is 0.254 e. The minimum absolute atomic E-state index is 0.139. The molecule has 0 atom stereocenters. The van der Waals surface area contributed by atoms with Crippen LogP contribution in [0, 0.1) is 11.6 Å². The Morgan fingerprint density at radius 3 is 2.65 bits per heavy atom. The third-order valence-electron chi connectivity index (χ3n) is 2.81. The Morgan fingerprint density at radius 2 is 2.05 bits per heavy atom. The SMILES string of the molecule is COc1ccnc(Cc2ccc(F)c(F)c2)c1C(N)=O. The molecule has 0 saturated carbocycles. The summed E-state index contributed by atoms with van der Waals surface area (Å²) in [6, 6.07) is 5.01. The van der Waals surface area contributed by atoms with Crippen molar-refractivity contribution >= 4 is 5.91 Å². The maximum absolute atomic E-state index is 13.2. The summed E-state index contributed by atoms with van der Waals surface area (Å²) in [5.74, 6) is -2.27. The molecule has 0 unspecified atom stereocenters. The highest BCUT2D eigenvalue weighted by atomic mass is 19.2. The first-order valence-corrected chi connectivity index (χ1v) is 5.78. The number of carbonyl (C=O) groups excluding carboxylic acids is 1. The van der Waals surface area contributed by atoms with Gasteiger partial charge in [0.25, 0.3) is 5.91 Å². The van der Waals surface area contributed by atoms with Crippen LogP contribution >= 0.6 is 0 Å². The summed E-state index contributed by atoms with van der Waals surface area (Å²) in [6.45, 7) is 0. The largest absolute Gasteiger partial charge is 0.496 e. The highest BCUT2D eigenvalue weighted by Gasteiger charge is 2.16. The summed E-state index contributed by atoms with van der Waals surface area (Å²) in [5.41, 5.74) is 6.27. The van der Waals surface area contributed by atoms with Crippen molar-refractivity contribution in [1.82, 2.24) is 4.98 Å². The quantitative estimate of drug-likeness (QED) is 0.931. The molecule has 0 radical (unpaired) electrons. The van der Waals surface area contributed by atoms with Crippen molar-refractivity contribution in [3.05, 3.63) is 58.9 Å². The van der Waals surface area contributed by atoms with Gasteiger partial charge in [-0.3, -0.25) is 9.78 Å². The standard InChI is InChI=1S/C14H12F2N2O2/c1-20-12-4-5-18-11(13(12)14(17)19)7-8-2-3-9(15)10(16)6-8/h2-6H,7H2,1H3,(H2,17,19). The molecule has 6 heteroatoms. The first kappa shape index (κ1) is 13.9. The Morgan fingerprint density at radius 1 is 1.30 bits per heavy atom. The molecule has 0 aliphatic carbocycles. The maximum atomic E-state index is 13.2. The van der Waals surface area contributed by atoms with Crippen LogP contribution in [-0.2, 0) is 6.42 Å². The van der Waals surface area contributed by atoms with E-state index in [0.717, 1.165) is 12.1 Å². The number of rotatable bonds is 4. The van der Waals surface area contributed by atoms with E-state index in [1.54, 1.807) is 0 Å². The van der Waals surface area contributed by atoms with E-state index < -0.39 is 17.5 Å². The predicted octanol–water partition coefficient (Wildman–Crippen LogP) is 2.06. The van der Waals surface area contributed by atoms with Gasteiger partial charge in [0, 0.05) is 12.6 Å². The number of hydrogen-bond donors (Lipinski definition) is 1. The molecule has 2 N–H and O–H groups in total. The van der Waals surface area contributed by atoms with Gasteiger partial charge in [0.2, 0.25) is 0 Å². The highest BCUT2D eigenvalue weighted by molar-refractivity contribution is 5.96. The van der Waals surface area contributed by atoms with Gasteiger partial charge < -0.3 is 10.5 Å². The van der Waals surface area contributed by atoms with Crippen LogP contribution in [0.15, 0.2) is 30.5 Å². The minimum Gasteiger partial charge on any atom is -0.496 e. The van der Waals surface area contributed by atoms with Gasteiger partial charge in [0.1, 0.15) is 11.3 Å². The van der Waals surface area contributed by atoms with E-state index in [-0.39, 0.29) is 12.0 Å². The lowest BCUT2D eigenvalue weighted by Crippen LogP contribution is -2.16. The molecule has 104 valence electrons.